The molecule has 2 N–H and O–H groups in total. The molecule has 6 nitrogen and oxygen atoms in total. The minimum absolute atomic E-state index is 0.101. The first kappa shape index (κ1) is 12.4. The summed E-state index contributed by atoms with van der Waals surface area (Å²) < 4.78 is 0. The molecule has 108 valence electrons. The fourth-order valence-corrected chi connectivity index (χ4v) is 2.92. The van der Waals surface area contributed by atoms with Gasteiger partial charge in [0.25, 0.3) is 0 Å². The Kier molecular flexibility index (Phi) is 2.70. The normalized spacial score (nSPS) is 22.0. The quantitative estimate of drug-likeness (QED) is 0.896. The average Bonchev–Trinajstić information content (AvgIpc) is 3.14. The molecule has 1 saturated carbocycles. The topological polar surface area (TPSA) is 78.1 Å². The van der Waals surface area contributed by atoms with Crippen LogP contribution in [0.25, 0.3) is 10.9 Å². The van der Waals surface area contributed by atoms with Crippen LogP contribution in [0.1, 0.15) is 19.3 Å². The molecule has 1 aliphatic heterocycles. The molecule has 21 heavy (non-hydrogen) atoms. The Morgan fingerprint density at radius 2 is 2.14 bits per heavy atom. The summed E-state index contributed by atoms with van der Waals surface area (Å²) in [5.74, 6) is 0.245. The third-order valence-electron chi connectivity index (χ3n) is 4.23. The monoisotopic (exact) mass is 284 g/mol. The van der Waals surface area contributed by atoms with Crippen LogP contribution in [0.5, 0.6) is 0 Å². The van der Waals surface area contributed by atoms with Crippen LogP contribution in [-0.4, -0.2) is 39.5 Å². The van der Waals surface area contributed by atoms with E-state index in [1.807, 2.05) is 29.2 Å². The highest BCUT2D eigenvalue weighted by molar-refractivity contribution is 6.02. The Balaban J connectivity index is 1.49. The zero-order valence-electron chi connectivity index (χ0n) is 11.5. The highest BCUT2D eigenvalue weighted by Crippen LogP contribution is 2.33. The van der Waals surface area contributed by atoms with Crippen molar-refractivity contribution in [3.05, 3.63) is 24.3 Å². The number of aromatic amines is 1. The predicted molar refractivity (Wildman–Crippen MR) is 77.6 cm³/mol. The largest absolute Gasteiger partial charge is 0.339 e. The Hall–Kier alpha value is -2.37. The van der Waals surface area contributed by atoms with Crippen LogP contribution in [0.15, 0.2) is 24.3 Å². The Labute approximate surface area is 121 Å². The van der Waals surface area contributed by atoms with Crippen LogP contribution in [-0.2, 0) is 9.59 Å². The van der Waals surface area contributed by atoms with Gasteiger partial charge in [0.15, 0.2) is 5.82 Å². The number of nitrogens with zero attached hydrogens (tertiary/aromatic N) is 2. The maximum absolute atomic E-state index is 12.3. The van der Waals surface area contributed by atoms with E-state index in [2.05, 4.69) is 15.5 Å². The molecule has 2 aromatic rings. The van der Waals surface area contributed by atoms with Gasteiger partial charge in [0, 0.05) is 24.4 Å². The smallest absolute Gasteiger partial charge is 0.231 e. The van der Waals surface area contributed by atoms with Crippen LogP contribution in [0.2, 0.25) is 0 Å². The average molecular weight is 284 g/mol. The van der Waals surface area contributed by atoms with Gasteiger partial charge in [-0.1, -0.05) is 12.1 Å². The van der Waals surface area contributed by atoms with Gasteiger partial charge in [-0.15, -0.1) is 0 Å². The molecule has 2 aliphatic rings. The number of nitrogens with one attached hydrogen (secondary N) is 2. The van der Waals surface area contributed by atoms with E-state index in [1.54, 1.807) is 0 Å². The molecule has 1 atom stereocenters. The fraction of sp³-hybridized carbons (Fsp3) is 0.400. The first-order chi connectivity index (χ1) is 10.2. The maximum Gasteiger partial charge on any atom is 0.231 e. The van der Waals surface area contributed by atoms with Crippen molar-refractivity contribution < 1.29 is 9.59 Å². The number of likely N-dealkylation sites (tertiary alicyclic amines) is 1. The summed E-state index contributed by atoms with van der Waals surface area (Å²) in [6.07, 6.45) is 2.46. The van der Waals surface area contributed by atoms with Gasteiger partial charge in [0.05, 0.1) is 11.4 Å². The van der Waals surface area contributed by atoms with Crippen molar-refractivity contribution in [2.45, 2.75) is 25.3 Å². The van der Waals surface area contributed by atoms with E-state index in [0.717, 1.165) is 23.7 Å². The summed E-state index contributed by atoms with van der Waals surface area (Å²) in [6.45, 7) is 0.539. The van der Waals surface area contributed by atoms with Crippen LogP contribution >= 0.6 is 0 Å². The second kappa shape index (κ2) is 4.58. The minimum atomic E-state index is -0.270. The van der Waals surface area contributed by atoms with Crippen LogP contribution in [0, 0.1) is 5.92 Å². The van der Waals surface area contributed by atoms with E-state index in [4.69, 9.17) is 0 Å². The van der Waals surface area contributed by atoms with Gasteiger partial charge in [-0.25, -0.2) is 0 Å². The lowest BCUT2D eigenvalue weighted by Crippen LogP contribution is -2.29. The first-order valence-corrected chi connectivity index (χ1v) is 7.26. The number of carbonyl (C=O) groups excluding carboxylic acids is 2. The van der Waals surface area contributed by atoms with Crippen molar-refractivity contribution in [2.24, 2.45) is 5.92 Å². The van der Waals surface area contributed by atoms with Gasteiger partial charge in [-0.3, -0.25) is 14.7 Å². The number of benzene rings is 1. The molecule has 1 unspecified atom stereocenters. The third kappa shape index (κ3) is 2.16. The SMILES string of the molecule is O=C(Nc1n[nH]c2ccccc12)C1CC(=O)N(C2CC2)C1. The van der Waals surface area contributed by atoms with E-state index in [-0.39, 0.29) is 17.7 Å². The van der Waals surface area contributed by atoms with Crippen molar-refractivity contribution >= 4 is 28.5 Å². The van der Waals surface area contributed by atoms with Crippen molar-refractivity contribution in [1.29, 1.82) is 0 Å². The first-order valence-electron chi connectivity index (χ1n) is 7.26. The molecule has 0 bridgehead atoms. The van der Waals surface area contributed by atoms with Gasteiger partial charge < -0.3 is 10.2 Å². The zero-order chi connectivity index (χ0) is 14.4. The highest BCUT2D eigenvalue weighted by atomic mass is 16.2. The summed E-state index contributed by atoms with van der Waals surface area (Å²) in [4.78, 5) is 26.1. The molecule has 0 radical (unpaired) electrons. The van der Waals surface area contributed by atoms with Gasteiger partial charge in [-0.05, 0) is 25.0 Å². The van der Waals surface area contributed by atoms with Crippen LogP contribution in [0.3, 0.4) is 0 Å². The van der Waals surface area contributed by atoms with E-state index < -0.39 is 0 Å². The molecule has 4 rings (SSSR count). The molecule has 2 amide bonds. The number of carbonyl (C=O) groups is 2. The molecular formula is C15H16N4O2. The summed E-state index contributed by atoms with van der Waals surface area (Å²) >= 11 is 0. The molecule has 1 aliphatic carbocycles. The van der Waals surface area contributed by atoms with Crippen molar-refractivity contribution in [1.82, 2.24) is 15.1 Å². The molecule has 1 saturated heterocycles. The molecule has 1 aromatic carbocycles. The van der Waals surface area contributed by atoms with E-state index in [9.17, 15) is 9.59 Å². The van der Waals surface area contributed by atoms with Gasteiger partial charge in [0.1, 0.15) is 0 Å². The molecular weight excluding hydrogens is 268 g/mol. The molecule has 1 aromatic heterocycles. The van der Waals surface area contributed by atoms with Crippen molar-refractivity contribution in [2.75, 3.05) is 11.9 Å². The minimum Gasteiger partial charge on any atom is -0.339 e. The third-order valence-corrected chi connectivity index (χ3v) is 4.23. The van der Waals surface area contributed by atoms with Gasteiger partial charge >= 0.3 is 0 Å². The zero-order valence-corrected chi connectivity index (χ0v) is 11.5. The van der Waals surface area contributed by atoms with Crippen molar-refractivity contribution in [3.63, 3.8) is 0 Å². The van der Waals surface area contributed by atoms with Gasteiger partial charge in [-0.2, -0.15) is 5.10 Å². The molecule has 0 spiro atoms. The van der Waals surface area contributed by atoms with Gasteiger partial charge in [0.2, 0.25) is 11.8 Å². The number of anilines is 1. The van der Waals surface area contributed by atoms with Crippen LogP contribution < -0.4 is 5.32 Å². The number of H-pyrrole nitrogens is 1. The lowest BCUT2D eigenvalue weighted by molar-refractivity contribution is -0.128. The number of fused-ring (bicyclic) bond motifs is 1. The highest BCUT2D eigenvalue weighted by Gasteiger charge is 2.41. The summed E-state index contributed by atoms with van der Waals surface area (Å²) in [6, 6.07) is 8.01. The summed E-state index contributed by atoms with van der Waals surface area (Å²) in [5, 5.41) is 10.8. The second-order valence-corrected chi connectivity index (χ2v) is 5.79. The number of hydrogen-bond acceptors (Lipinski definition) is 3. The fourth-order valence-electron chi connectivity index (χ4n) is 2.92. The Bertz CT molecular complexity index is 719. The molecule has 6 heteroatoms. The number of amides is 2. The number of para-hydroxylation sites is 1. The Morgan fingerprint density at radius 1 is 1.33 bits per heavy atom. The number of aromatic nitrogens is 2. The number of hydrogen-bond donors (Lipinski definition) is 2. The standard InChI is InChI=1S/C15H16N4O2/c20-13-7-9(8-19(13)10-5-6-10)15(21)16-14-11-3-1-2-4-12(11)17-18-14/h1-4,9-10H,5-8H2,(H2,16,17,18,21). The predicted octanol–water partition coefficient (Wildman–Crippen LogP) is 1.51. The second-order valence-electron chi connectivity index (χ2n) is 5.79. The van der Waals surface area contributed by atoms with E-state index in [0.29, 0.717) is 24.8 Å². The summed E-state index contributed by atoms with van der Waals surface area (Å²) in [5.41, 5.74) is 0.884. The summed E-state index contributed by atoms with van der Waals surface area (Å²) in [7, 11) is 0. The lowest BCUT2D eigenvalue weighted by Gasteiger charge is -2.14. The number of rotatable bonds is 3. The lowest BCUT2D eigenvalue weighted by atomic mass is 10.1. The molecule has 2 fully saturated rings. The van der Waals surface area contributed by atoms with Crippen molar-refractivity contribution in [3.8, 4) is 0 Å². The maximum atomic E-state index is 12.3. The van der Waals surface area contributed by atoms with Crippen LogP contribution in [0.4, 0.5) is 5.82 Å². The Morgan fingerprint density at radius 3 is 2.95 bits per heavy atom. The van der Waals surface area contributed by atoms with E-state index in [1.165, 1.54) is 0 Å². The molecule has 2 heterocycles. The van der Waals surface area contributed by atoms with E-state index >= 15 is 0 Å².